The lowest BCUT2D eigenvalue weighted by molar-refractivity contribution is 0.580. The number of fused-ring (bicyclic) bond motifs is 1. The molecule has 106 valence electrons. The van der Waals surface area contributed by atoms with Crippen molar-refractivity contribution in [2.24, 2.45) is 0 Å². The predicted molar refractivity (Wildman–Crippen MR) is 79.1 cm³/mol. The largest absolute Gasteiger partial charge is 0.338 e. The first-order valence-electron chi connectivity index (χ1n) is 6.99. The average Bonchev–Trinajstić information content (AvgIpc) is 3.00. The molecule has 0 amide bonds. The van der Waals surface area contributed by atoms with Crippen LogP contribution in [0.15, 0.2) is 36.9 Å². The van der Waals surface area contributed by atoms with E-state index in [1.54, 1.807) is 23.1 Å². The molecule has 3 aromatic heterocycles. The maximum atomic E-state index is 4.69. The number of rotatable bonds is 2. The van der Waals surface area contributed by atoms with E-state index in [2.05, 4.69) is 25.3 Å². The summed E-state index contributed by atoms with van der Waals surface area (Å²) in [6, 6.07) is 3.90. The Morgan fingerprint density at radius 3 is 2.81 bits per heavy atom. The first kappa shape index (κ1) is 12.2. The molecule has 1 fully saturated rings. The van der Waals surface area contributed by atoms with Gasteiger partial charge in [0.1, 0.15) is 0 Å². The molecule has 0 unspecified atom stereocenters. The van der Waals surface area contributed by atoms with Crippen LogP contribution in [-0.2, 0) is 0 Å². The van der Waals surface area contributed by atoms with E-state index in [9.17, 15) is 0 Å². The van der Waals surface area contributed by atoms with Crippen LogP contribution < -0.4 is 10.2 Å². The molecule has 1 saturated heterocycles. The zero-order valence-electron chi connectivity index (χ0n) is 11.5. The normalized spacial score (nSPS) is 15.5. The summed E-state index contributed by atoms with van der Waals surface area (Å²) in [5, 5.41) is 7.56. The van der Waals surface area contributed by atoms with Crippen molar-refractivity contribution in [3.63, 3.8) is 0 Å². The molecular formula is C14H15N7. The molecule has 7 nitrogen and oxygen atoms in total. The molecule has 0 bridgehead atoms. The molecule has 0 radical (unpaired) electrons. The van der Waals surface area contributed by atoms with Crippen LogP contribution in [0.5, 0.6) is 0 Å². The fourth-order valence-electron chi connectivity index (χ4n) is 2.56. The van der Waals surface area contributed by atoms with Crippen LogP contribution in [0.1, 0.15) is 0 Å². The molecule has 1 aliphatic heterocycles. The smallest absolute Gasteiger partial charge is 0.225 e. The Kier molecular flexibility index (Phi) is 2.97. The summed E-state index contributed by atoms with van der Waals surface area (Å²) in [5.41, 5.74) is 2.66. The standard InChI is InChI=1S/C14H15N7/c1-3-17-14(20-9-6-15-7-10-20)19-12(1)11-2-8-21-13(11)16-4-5-18-21/h1-5,8,15H,6-7,9-10H2. The molecule has 21 heavy (non-hydrogen) atoms. The van der Waals surface area contributed by atoms with Gasteiger partial charge >= 0.3 is 0 Å². The molecule has 0 spiro atoms. The van der Waals surface area contributed by atoms with Gasteiger partial charge in [0.25, 0.3) is 0 Å². The molecule has 1 N–H and O–H groups in total. The Balaban J connectivity index is 1.75. The number of nitrogens with zero attached hydrogens (tertiary/aromatic N) is 6. The van der Waals surface area contributed by atoms with E-state index in [-0.39, 0.29) is 0 Å². The van der Waals surface area contributed by atoms with Gasteiger partial charge in [0, 0.05) is 50.3 Å². The van der Waals surface area contributed by atoms with Gasteiger partial charge in [-0.3, -0.25) is 0 Å². The van der Waals surface area contributed by atoms with Gasteiger partial charge in [-0.05, 0) is 12.1 Å². The summed E-state index contributed by atoms with van der Waals surface area (Å²) in [7, 11) is 0. The highest BCUT2D eigenvalue weighted by Crippen LogP contribution is 2.23. The minimum absolute atomic E-state index is 0.775. The topological polar surface area (TPSA) is 71.2 Å². The summed E-state index contributed by atoms with van der Waals surface area (Å²) in [4.78, 5) is 15.7. The minimum atomic E-state index is 0.775. The SMILES string of the molecule is c1cc(-c2ccn3nccnc23)nc(N2CCNCC2)n1. The van der Waals surface area contributed by atoms with Crippen molar-refractivity contribution < 1.29 is 0 Å². The molecule has 0 atom stereocenters. The van der Waals surface area contributed by atoms with E-state index in [4.69, 9.17) is 4.98 Å². The first-order valence-corrected chi connectivity index (χ1v) is 6.99. The second kappa shape index (κ2) is 5.10. The van der Waals surface area contributed by atoms with Crippen LogP contribution in [0.3, 0.4) is 0 Å². The summed E-state index contributed by atoms with van der Waals surface area (Å²) >= 11 is 0. The third-order valence-electron chi connectivity index (χ3n) is 3.61. The lowest BCUT2D eigenvalue weighted by atomic mass is 10.2. The van der Waals surface area contributed by atoms with Gasteiger partial charge in [0.05, 0.1) is 11.9 Å². The van der Waals surface area contributed by atoms with E-state index in [1.807, 2.05) is 18.3 Å². The summed E-state index contributed by atoms with van der Waals surface area (Å²) < 4.78 is 1.75. The van der Waals surface area contributed by atoms with Crippen LogP contribution >= 0.6 is 0 Å². The van der Waals surface area contributed by atoms with E-state index in [0.29, 0.717) is 0 Å². The number of anilines is 1. The van der Waals surface area contributed by atoms with Crippen molar-refractivity contribution >= 4 is 11.6 Å². The van der Waals surface area contributed by atoms with Crippen molar-refractivity contribution in [3.05, 3.63) is 36.9 Å². The van der Waals surface area contributed by atoms with Crippen molar-refractivity contribution in [2.75, 3.05) is 31.1 Å². The van der Waals surface area contributed by atoms with Crippen molar-refractivity contribution in [1.82, 2.24) is 29.9 Å². The number of nitrogens with one attached hydrogen (secondary N) is 1. The maximum absolute atomic E-state index is 4.69. The Morgan fingerprint density at radius 1 is 1.00 bits per heavy atom. The van der Waals surface area contributed by atoms with Crippen LogP contribution in [0.2, 0.25) is 0 Å². The number of piperazine rings is 1. The van der Waals surface area contributed by atoms with E-state index in [0.717, 1.165) is 49.0 Å². The van der Waals surface area contributed by atoms with Gasteiger partial charge < -0.3 is 10.2 Å². The quantitative estimate of drug-likeness (QED) is 0.741. The maximum Gasteiger partial charge on any atom is 0.225 e. The second-order valence-electron chi connectivity index (χ2n) is 4.92. The predicted octanol–water partition coefficient (Wildman–Crippen LogP) is 0.596. The van der Waals surface area contributed by atoms with Gasteiger partial charge in [-0.2, -0.15) is 5.10 Å². The highest BCUT2D eigenvalue weighted by Gasteiger charge is 2.15. The Hall–Kier alpha value is -2.54. The lowest BCUT2D eigenvalue weighted by Gasteiger charge is -2.27. The van der Waals surface area contributed by atoms with Crippen LogP contribution in [-0.4, -0.2) is 50.7 Å². The number of hydrogen-bond donors (Lipinski definition) is 1. The highest BCUT2D eigenvalue weighted by molar-refractivity contribution is 5.75. The third kappa shape index (κ3) is 2.21. The zero-order valence-corrected chi connectivity index (χ0v) is 11.5. The molecule has 0 saturated carbocycles. The van der Waals surface area contributed by atoms with Crippen LogP contribution in [0, 0.1) is 0 Å². The van der Waals surface area contributed by atoms with E-state index >= 15 is 0 Å². The van der Waals surface area contributed by atoms with Gasteiger partial charge in [0.15, 0.2) is 5.65 Å². The Morgan fingerprint density at radius 2 is 1.90 bits per heavy atom. The summed E-state index contributed by atoms with van der Waals surface area (Å²) in [6.45, 7) is 3.79. The summed E-state index contributed by atoms with van der Waals surface area (Å²) in [6.07, 6.45) is 7.06. The fraction of sp³-hybridized carbons (Fsp3) is 0.286. The Labute approximate surface area is 121 Å². The van der Waals surface area contributed by atoms with E-state index in [1.165, 1.54) is 0 Å². The lowest BCUT2D eigenvalue weighted by Crippen LogP contribution is -2.44. The van der Waals surface area contributed by atoms with Gasteiger partial charge in [0.2, 0.25) is 5.95 Å². The van der Waals surface area contributed by atoms with Gasteiger partial charge in [-0.25, -0.2) is 19.5 Å². The van der Waals surface area contributed by atoms with Crippen LogP contribution in [0.4, 0.5) is 5.95 Å². The molecule has 3 aromatic rings. The van der Waals surface area contributed by atoms with Gasteiger partial charge in [-0.1, -0.05) is 0 Å². The molecule has 4 rings (SSSR count). The molecule has 4 heterocycles. The van der Waals surface area contributed by atoms with Crippen molar-refractivity contribution in [3.8, 4) is 11.3 Å². The fourth-order valence-corrected chi connectivity index (χ4v) is 2.56. The third-order valence-corrected chi connectivity index (χ3v) is 3.61. The Bertz CT molecular complexity index is 761. The first-order chi connectivity index (χ1) is 10.4. The number of hydrogen-bond acceptors (Lipinski definition) is 6. The molecule has 1 aliphatic rings. The monoisotopic (exact) mass is 281 g/mol. The van der Waals surface area contributed by atoms with Crippen molar-refractivity contribution in [2.45, 2.75) is 0 Å². The van der Waals surface area contributed by atoms with Crippen LogP contribution in [0.25, 0.3) is 16.9 Å². The highest BCUT2D eigenvalue weighted by atomic mass is 15.3. The second-order valence-corrected chi connectivity index (χ2v) is 4.92. The van der Waals surface area contributed by atoms with Gasteiger partial charge in [-0.15, -0.1) is 0 Å². The molecule has 7 heteroatoms. The average molecular weight is 281 g/mol. The van der Waals surface area contributed by atoms with E-state index < -0.39 is 0 Å². The minimum Gasteiger partial charge on any atom is -0.338 e. The summed E-state index contributed by atoms with van der Waals surface area (Å²) in [5.74, 6) is 0.775. The zero-order chi connectivity index (χ0) is 14.1. The van der Waals surface area contributed by atoms with Crippen molar-refractivity contribution in [1.29, 1.82) is 0 Å². The number of aromatic nitrogens is 5. The molecular weight excluding hydrogens is 266 g/mol. The molecule has 0 aliphatic carbocycles. The molecule has 0 aromatic carbocycles.